The molecule has 3 aromatic rings. The molecule has 0 spiro atoms. The number of hydrogen-bond donors (Lipinski definition) is 0. The van der Waals surface area contributed by atoms with Gasteiger partial charge in [0.1, 0.15) is 12.4 Å². The van der Waals surface area contributed by atoms with Crippen LogP contribution in [-0.4, -0.2) is 16.0 Å². The summed E-state index contributed by atoms with van der Waals surface area (Å²) in [5.74, 6) is 0.307. The van der Waals surface area contributed by atoms with Crippen molar-refractivity contribution in [2.24, 2.45) is 0 Å². The topological polar surface area (TPSA) is 46.6 Å². The van der Waals surface area contributed by atoms with Crippen LogP contribution in [0.15, 0.2) is 77.7 Å². The van der Waals surface area contributed by atoms with Crippen molar-refractivity contribution in [3.8, 4) is 5.75 Å². The Morgan fingerprint density at radius 3 is 2.26 bits per heavy atom. The van der Waals surface area contributed by atoms with E-state index in [1.54, 1.807) is 24.3 Å². The molecule has 0 saturated carbocycles. The number of carbonyl (C=O) groups is 2. The van der Waals surface area contributed by atoms with Gasteiger partial charge in [0.25, 0.3) is 11.1 Å². The standard InChI is InChI=1S/C24H17Cl2NO3S/c25-20-10-3-1-7-17(20)14-27-23(28)22(31-24(27)29)13-16-6-5-9-19(12-16)30-15-18-8-2-4-11-21(18)26/h1-13H,14-15H2/b22-13-. The smallest absolute Gasteiger partial charge is 0.293 e. The molecule has 0 radical (unpaired) electrons. The van der Waals surface area contributed by atoms with E-state index in [4.69, 9.17) is 27.9 Å². The molecule has 156 valence electrons. The molecule has 1 heterocycles. The zero-order valence-electron chi connectivity index (χ0n) is 16.3. The summed E-state index contributed by atoms with van der Waals surface area (Å²) in [7, 11) is 0. The molecule has 0 aromatic heterocycles. The molecule has 4 nitrogen and oxygen atoms in total. The monoisotopic (exact) mass is 469 g/mol. The van der Waals surface area contributed by atoms with Crippen molar-refractivity contribution in [2.45, 2.75) is 13.2 Å². The van der Waals surface area contributed by atoms with E-state index >= 15 is 0 Å². The highest BCUT2D eigenvalue weighted by molar-refractivity contribution is 8.18. The predicted octanol–water partition coefficient (Wildman–Crippen LogP) is 6.81. The van der Waals surface area contributed by atoms with E-state index in [-0.39, 0.29) is 17.7 Å². The second kappa shape index (κ2) is 9.60. The molecular weight excluding hydrogens is 453 g/mol. The fourth-order valence-corrected chi connectivity index (χ4v) is 4.28. The molecule has 0 aliphatic carbocycles. The molecule has 0 bridgehead atoms. The number of nitrogens with zero attached hydrogens (tertiary/aromatic N) is 1. The summed E-state index contributed by atoms with van der Waals surface area (Å²) in [6, 6.07) is 22.0. The first-order chi connectivity index (χ1) is 15.0. The predicted molar refractivity (Wildman–Crippen MR) is 125 cm³/mol. The lowest BCUT2D eigenvalue weighted by atomic mass is 10.2. The van der Waals surface area contributed by atoms with Gasteiger partial charge in [-0.05, 0) is 53.2 Å². The van der Waals surface area contributed by atoms with Crippen LogP contribution in [0.2, 0.25) is 10.0 Å². The quantitative estimate of drug-likeness (QED) is 0.372. The molecule has 4 rings (SSSR count). The van der Waals surface area contributed by atoms with Crippen LogP contribution in [0, 0.1) is 0 Å². The van der Waals surface area contributed by atoms with E-state index in [1.807, 2.05) is 54.6 Å². The van der Waals surface area contributed by atoms with Crippen molar-refractivity contribution >= 4 is 52.2 Å². The lowest BCUT2D eigenvalue weighted by molar-refractivity contribution is -0.123. The number of hydrogen-bond acceptors (Lipinski definition) is 4. The van der Waals surface area contributed by atoms with Gasteiger partial charge in [0.15, 0.2) is 0 Å². The second-order valence-corrected chi connectivity index (χ2v) is 8.62. The van der Waals surface area contributed by atoms with E-state index in [2.05, 4.69) is 0 Å². The van der Waals surface area contributed by atoms with E-state index in [0.29, 0.717) is 27.3 Å². The summed E-state index contributed by atoms with van der Waals surface area (Å²) in [5.41, 5.74) is 2.37. The molecule has 31 heavy (non-hydrogen) atoms. The zero-order valence-corrected chi connectivity index (χ0v) is 18.6. The number of imide groups is 1. The third-order valence-corrected chi connectivity index (χ3v) is 6.31. The summed E-state index contributed by atoms with van der Waals surface area (Å²) >= 11 is 13.3. The molecule has 1 saturated heterocycles. The van der Waals surface area contributed by atoms with Gasteiger partial charge < -0.3 is 4.74 Å². The van der Waals surface area contributed by atoms with E-state index < -0.39 is 0 Å². The number of ether oxygens (including phenoxy) is 1. The first-order valence-electron chi connectivity index (χ1n) is 9.46. The number of rotatable bonds is 6. The van der Waals surface area contributed by atoms with Crippen molar-refractivity contribution in [3.05, 3.63) is 104 Å². The van der Waals surface area contributed by atoms with Gasteiger partial charge in [0, 0.05) is 15.6 Å². The minimum absolute atomic E-state index is 0.142. The van der Waals surface area contributed by atoms with Crippen LogP contribution in [0.1, 0.15) is 16.7 Å². The van der Waals surface area contributed by atoms with Gasteiger partial charge in [-0.2, -0.15) is 0 Å². The Bertz CT molecular complexity index is 1180. The van der Waals surface area contributed by atoms with Crippen LogP contribution in [0.4, 0.5) is 4.79 Å². The Labute approximate surface area is 194 Å². The molecule has 2 amide bonds. The maximum atomic E-state index is 12.8. The Morgan fingerprint density at radius 2 is 1.55 bits per heavy atom. The van der Waals surface area contributed by atoms with Crippen LogP contribution >= 0.6 is 35.0 Å². The fraction of sp³-hybridized carbons (Fsp3) is 0.0833. The minimum Gasteiger partial charge on any atom is -0.489 e. The summed E-state index contributed by atoms with van der Waals surface area (Å²) in [6.07, 6.45) is 1.69. The average molecular weight is 470 g/mol. The van der Waals surface area contributed by atoms with Gasteiger partial charge in [-0.15, -0.1) is 0 Å². The summed E-state index contributed by atoms with van der Waals surface area (Å²) < 4.78 is 5.84. The van der Waals surface area contributed by atoms with Gasteiger partial charge in [0.05, 0.1) is 11.4 Å². The van der Waals surface area contributed by atoms with Crippen LogP contribution in [-0.2, 0) is 17.9 Å². The van der Waals surface area contributed by atoms with Gasteiger partial charge >= 0.3 is 0 Å². The molecule has 0 atom stereocenters. The first-order valence-corrected chi connectivity index (χ1v) is 11.0. The number of halogens is 2. The molecule has 7 heteroatoms. The van der Waals surface area contributed by atoms with Crippen LogP contribution < -0.4 is 4.74 Å². The van der Waals surface area contributed by atoms with E-state index in [9.17, 15) is 9.59 Å². The highest BCUT2D eigenvalue weighted by Crippen LogP contribution is 2.34. The SMILES string of the molecule is O=C1S/C(=C\c2cccc(OCc3ccccc3Cl)c2)C(=O)N1Cc1ccccc1Cl. The van der Waals surface area contributed by atoms with Crippen LogP contribution in [0.3, 0.4) is 0 Å². The minimum atomic E-state index is -0.336. The van der Waals surface area contributed by atoms with Crippen LogP contribution in [0.5, 0.6) is 5.75 Å². The number of thioether (sulfide) groups is 1. The molecule has 1 aliphatic rings. The number of carbonyl (C=O) groups excluding carboxylic acids is 2. The normalized spacial score (nSPS) is 15.0. The first kappa shape index (κ1) is 21.5. The van der Waals surface area contributed by atoms with Gasteiger partial charge in [-0.1, -0.05) is 71.7 Å². The second-order valence-electron chi connectivity index (χ2n) is 6.81. The van der Waals surface area contributed by atoms with Gasteiger partial charge in [-0.3, -0.25) is 14.5 Å². The average Bonchev–Trinajstić information content (AvgIpc) is 3.02. The Balaban J connectivity index is 1.48. The molecule has 1 fully saturated rings. The Morgan fingerprint density at radius 1 is 0.871 bits per heavy atom. The maximum absolute atomic E-state index is 12.8. The molecular formula is C24H17Cl2NO3S. The fourth-order valence-electron chi connectivity index (χ4n) is 3.06. The third-order valence-electron chi connectivity index (χ3n) is 4.67. The molecule has 0 N–H and O–H groups in total. The third kappa shape index (κ3) is 5.13. The summed E-state index contributed by atoms with van der Waals surface area (Å²) in [4.78, 5) is 26.8. The molecule has 0 unspecified atom stereocenters. The number of benzene rings is 3. The maximum Gasteiger partial charge on any atom is 0.293 e. The van der Waals surface area contributed by atoms with Crippen LogP contribution in [0.25, 0.3) is 6.08 Å². The summed E-state index contributed by atoms with van der Waals surface area (Å²) in [6.45, 7) is 0.472. The van der Waals surface area contributed by atoms with Crippen molar-refractivity contribution < 1.29 is 14.3 Å². The van der Waals surface area contributed by atoms with E-state index in [1.165, 1.54) is 4.90 Å². The largest absolute Gasteiger partial charge is 0.489 e. The highest BCUT2D eigenvalue weighted by atomic mass is 35.5. The highest BCUT2D eigenvalue weighted by Gasteiger charge is 2.35. The van der Waals surface area contributed by atoms with Crippen molar-refractivity contribution in [3.63, 3.8) is 0 Å². The lowest BCUT2D eigenvalue weighted by Crippen LogP contribution is -2.27. The van der Waals surface area contributed by atoms with Crippen molar-refractivity contribution in [2.75, 3.05) is 0 Å². The molecule has 1 aliphatic heterocycles. The van der Waals surface area contributed by atoms with E-state index in [0.717, 1.165) is 28.5 Å². The summed E-state index contributed by atoms with van der Waals surface area (Å²) in [5, 5.41) is 0.849. The van der Waals surface area contributed by atoms with Gasteiger partial charge in [0.2, 0.25) is 0 Å². The molecule has 3 aromatic carbocycles. The zero-order chi connectivity index (χ0) is 21.8. The van der Waals surface area contributed by atoms with Crippen molar-refractivity contribution in [1.29, 1.82) is 0 Å². The Hall–Kier alpha value is -2.73. The lowest BCUT2D eigenvalue weighted by Gasteiger charge is -2.13. The number of amides is 2. The van der Waals surface area contributed by atoms with Gasteiger partial charge in [-0.25, -0.2) is 0 Å². The van der Waals surface area contributed by atoms with Crippen molar-refractivity contribution in [1.82, 2.24) is 4.90 Å². The Kier molecular flexibility index (Phi) is 6.66.